The first-order valence-electron chi connectivity index (χ1n) is 10.1. The molecule has 7 nitrogen and oxygen atoms in total. The highest BCUT2D eigenvalue weighted by Crippen LogP contribution is 2.35. The predicted molar refractivity (Wildman–Crippen MR) is 120 cm³/mol. The normalized spacial score (nSPS) is 15.8. The van der Waals surface area contributed by atoms with Gasteiger partial charge in [0.15, 0.2) is 0 Å². The Labute approximate surface area is 188 Å². The van der Waals surface area contributed by atoms with Crippen molar-refractivity contribution in [1.82, 2.24) is 9.62 Å². The monoisotopic (exact) mass is 463 g/mol. The van der Waals surface area contributed by atoms with Crippen LogP contribution in [-0.2, 0) is 32.6 Å². The second-order valence-electron chi connectivity index (χ2n) is 7.33. The van der Waals surface area contributed by atoms with Crippen LogP contribution in [0.25, 0.3) is 0 Å². The second kappa shape index (κ2) is 9.38. The molecule has 1 atom stereocenters. The van der Waals surface area contributed by atoms with E-state index in [-0.39, 0.29) is 23.1 Å². The maximum absolute atomic E-state index is 12.9. The molecular weight excluding hydrogens is 438 g/mol. The van der Waals surface area contributed by atoms with Crippen LogP contribution in [0.3, 0.4) is 0 Å². The molecule has 0 saturated carbocycles. The Kier molecular flexibility index (Phi) is 7.03. The molecule has 0 saturated heterocycles. The van der Waals surface area contributed by atoms with Gasteiger partial charge in [0, 0.05) is 43.7 Å². The molecule has 0 fully saturated rings. The number of amides is 2. The van der Waals surface area contributed by atoms with Gasteiger partial charge in [0.25, 0.3) is 0 Å². The number of fused-ring (bicyclic) bond motifs is 1. The molecule has 166 valence electrons. The largest absolute Gasteiger partial charge is 0.350 e. The highest BCUT2D eigenvalue weighted by Gasteiger charge is 2.37. The SMILES string of the molecule is CCN(CC)S(=O)(=O)c1ccc2c(c1)C[C@@H](C(=O)NCc1ccc(Cl)cc1)N2C(C)=O. The number of rotatable bonds is 7. The van der Waals surface area contributed by atoms with Crippen molar-refractivity contribution in [2.45, 2.75) is 44.7 Å². The summed E-state index contributed by atoms with van der Waals surface area (Å²) in [6, 6.07) is 11.1. The van der Waals surface area contributed by atoms with Gasteiger partial charge in [0.2, 0.25) is 21.8 Å². The van der Waals surface area contributed by atoms with E-state index in [2.05, 4.69) is 5.32 Å². The molecule has 0 bridgehead atoms. The molecule has 31 heavy (non-hydrogen) atoms. The molecular formula is C22H26ClN3O4S. The van der Waals surface area contributed by atoms with E-state index >= 15 is 0 Å². The van der Waals surface area contributed by atoms with Crippen molar-refractivity contribution in [1.29, 1.82) is 0 Å². The minimum Gasteiger partial charge on any atom is -0.350 e. The number of carbonyl (C=O) groups excluding carboxylic acids is 2. The summed E-state index contributed by atoms with van der Waals surface area (Å²) < 4.78 is 27.1. The third-order valence-electron chi connectivity index (χ3n) is 5.40. The van der Waals surface area contributed by atoms with Gasteiger partial charge in [-0.05, 0) is 41.5 Å². The summed E-state index contributed by atoms with van der Waals surface area (Å²) in [4.78, 5) is 26.8. The summed E-state index contributed by atoms with van der Waals surface area (Å²) in [6.07, 6.45) is 0.253. The maximum Gasteiger partial charge on any atom is 0.243 e. The van der Waals surface area contributed by atoms with Gasteiger partial charge < -0.3 is 5.32 Å². The molecule has 3 rings (SSSR count). The number of benzene rings is 2. The summed E-state index contributed by atoms with van der Waals surface area (Å²) in [5, 5.41) is 3.47. The molecule has 1 aliphatic heterocycles. The minimum atomic E-state index is -3.63. The van der Waals surface area contributed by atoms with Crippen molar-refractivity contribution in [3.63, 3.8) is 0 Å². The molecule has 1 N–H and O–H groups in total. The molecule has 2 aromatic carbocycles. The maximum atomic E-state index is 12.9. The van der Waals surface area contributed by atoms with Crippen molar-refractivity contribution in [3.05, 3.63) is 58.6 Å². The second-order valence-corrected chi connectivity index (χ2v) is 9.71. The first-order chi connectivity index (χ1) is 14.7. The Morgan fingerprint density at radius 3 is 2.35 bits per heavy atom. The summed E-state index contributed by atoms with van der Waals surface area (Å²) in [5.74, 6) is -0.570. The Morgan fingerprint density at radius 2 is 1.77 bits per heavy atom. The third-order valence-corrected chi connectivity index (χ3v) is 7.70. The van der Waals surface area contributed by atoms with Crippen molar-refractivity contribution < 1.29 is 18.0 Å². The van der Waals surface area contributed by atoms with Gasteiger partial charge in [0.05, 0.1) is 4.90 Å². The number of anilines is 1. The quantitative estimate of drug-likeness (QED) is 0.683. The fourth-order valence-electron chi connectivity index (χ4n) is 3.81. The lowest BCUT2D eigenvalue weighted by molar-refractivity contribution is -0.125. The van der Waals surface area contributed by atoms with Gasteiger partial charge in [-0.3, -0.25) is 14.5 Å². The van der Waals surface area contributed by atoms with Gasteiger partial charge in [-0.25, -0.2) is 8.42 Å². The van der Waals surface area contributed by atoms with Crippen molar-refractivity contribution in [2.75, 3.05) is 18.0 Å². The van der Waals surface area contributed by atoms with Crippen LogP contribution in [0.15, 0.2) is 47.4 Å². The van der Waals surface area contributed by atoms with Crippen LogP contribution in [0.2, 0.25) is 5.02 Å². The van der Waals surface area contributed by atoms with Crippen LogP contribution in [0.5, 0.6) is 0 Å². The number of sulfonamides is 1. The number of nitrogens with zero attached hydrogens (tertiary/aromatic N) is 2. The molecule has 2 amide bonds. The molecule has 9 heteroatoms. The fraction of sp³-hybridized carbons (Fsp3) is 0.364. The molecule has 2 aromatic rings. The molecule has 0 aromatic heterocycles. The van der Waals surface area contributed by atoms with Gasteiger partial charge >= 0.3 is 0 Å². The minimum absolute atomic E-state index is 0.167. The van der Waals surface area contributed by atoms with Crippen LogP contribution in [0.4, 0.5) is 5.69 Å². The Hall–Kier alpha value is -2.42. The number of halogens is 1. The van der Waals surface area contributed by atoms with E-state index in [0.29, 0.717) is 35.9 Å². The summed E-state index contributed by atoms with van der Waals surface area (Å²) >= 11 is 5.89. The van der Waals surface area contributed by atoms with Gasteiger partial charge in [-0.2, -0.15) is 4.31 Å². The van der Waals surface area contributed by atoms with Gasteiger partial charge in [0.1, 0.15) is 6.04 Å². The van der Waals surface area contributed by atoms with Crippen LogP contribution in [0, 0.1) is 0 Å². The zero-order chi connectivity index (χ0) is 22.8. The van der Waals surface area contributed by atoms with Crippen LogP contribution >= 0.6 is 11.6 Å². The third kappa shape index (κ3) is 4.76. The number of nitrogens with one attached hydrogen (secondary N) is 1. The molecule has 0 radical (unpaired) electrons. The Balaban J connectivity index is 1.83. The van der Waals surface area contributed by atoms with E-state index in [1.165, 1.54) is 22.2 Å². The first-order valence-corrected chi connectivity index (χ1v) is 12.0. The van der Waals surface area contributed by atoms with Gasteiger partial charge in [-0.15, -0.1) is 0 Å². The summed E-state index contributed by atoms with van der Waals surface area (Å²) in [5.41, 5.74) is 2.11. The average Bonchev–Trinajstić information content (AvgIpc) is 3.13. The number of carbonyl (C=O) groups is 2. The Bertz CT molecular complexity index is 1080. The zero-order valence-electron chi connectivity index (χ0n) is 17.8. The number of hydrogen-bond acceptors (Lipinski definition) is 4. The fourth-order valence-corrected chi connectivity index (χ4v) is 5.44. The molecule has 0 unspecified atom stereocenters. The van der Waals surface area contributed by atoms with Crippen molar-refractivity contribution in [3.8, 4) is 0 Å². The smallest absolute Gasteiger partial charge is 0.243 e. The van der Waals surface area contributed by atoms with E-state index in [9.17, 15) is 18.0 Å². The molecule has 1 aliphatic rings. The lowest BCUT2D eigenvalue weighted by Gasteiger charge is -2.23. The number of hydrogen-bond donors (Lipinski definition) is 1. The van der Waals surface area contributed by atoms with E-state index in [1.54, 1.807) is 38.1 Å². The molecule has 0 aliphatic carbocycles. The topological polar surface area (TPSA) is 86.8 Å². The van der Waals surface area contributed by atoms with Crippen LogP contribution in [0.1, 0.15) is 31.9 Å². The first kappa shape index (κ1) is 23.2. The van der Waals surface area contributed by atoms with Crippen LogP contribution < -0.4 is 10.2 Å². The summed E-state index contributed by atoms with van der Waals surface area (Å²) in [6.45, 7) is 6.00. The van der Waals surface area contributed by atoms with E-state index in [1.807, 2.05) is 12.1 Å². The zero-order valence-corrected chi connectivity index (χ0v) is 19.3. The highest BCUT2D eigenvalue weighted by molar-refractivity contribution is 7.89. The highest BCUT2D eigenvalue weighted by atomic mass is 35.5. The standard InChI is InChI=1S/C22H26ClN3O4S/c1-4-25(5-2)31(29,30)19-10-11-20-17(12-19)13-21(26(20)15(3)27)22(28)24-14-16-6-8-18(23)9-7-16/h6-12,21H,4-5,13-14H2,1-3H3,(H,24,28)/t21-/m0/s1. The average molecular weight is 464 g/mol. The van der Waals surface area contributed by atoms with Crippen molar-refractivity contribution >= 4 is 39.1 Å². The molecule has 0 spiro atoms. The summed E-state index contributed by atoms with van der Waals surface area (Å²) in [7, 11) is -3.63. The lowest BCUT2D eigenvalue weighted by Crippen LogP contribution is -2.47. The predicted octanol–water partition coefficient (Wildman–Crippen LogP) is 2.96. The van der Waals surface area contributed by atoms with Crippen molar-refractivity contribution in [2.24, 2.45) is 0 Å². The van der Waals surface area contributed by atoms with E-state index < -0.39 is 16.1 Å². The van der Waals surface area contributed by atoms with Crippen LogP contribution in [-0.4, -0.2) is 43.7 Å². The Morgan fingerprint density at radius 1 is 1.13 bits per heavy atom. The molecule has 1 heterocycles. The lowest BCUT2D eigenvalue weighted by atomic mass is 10.1. The van der Waals surface area contributed by atoms with Gasteiger partial charge in [-0.1, -0.05) is 37.6 Å². The van der Waals surface area contributed by atoms with E-state index in [4.69, 9.17) is 11.6 Å². The van der Waals surface area contributed by atoms with E-state index in [0.717, 1.165) is 5.56 Å².